The number of amides is 1. The molecule has 2 aromatic heterocycles. The Bertz CT molecular complexity index is 1040. The number of para-hydroxylation sites is 1. The fourth-order valence-corrected chi connectivity index (χ4v) is 5.83. The van der Waals surface area contributed by atoms with Crippen LogP contribution in [0.3, 0.4) is 0 Å². The van der Waals surface area contributed by atoms with Crippen molar-refractivity contribution in [3.05, 3.63) is 57.0 Å². The Balaban J connectivity index is 1.70. The quantitative estimate of drug-likeness (QED) is 0.447. The molecule has 0 unspecified atom stereocenters. The molecule has 0 spiro atoms. The molecule has 0 radical (unpaired) electrons. The predicted octanol–water partition coefficient (Wildman–Crippen LogP) is 5.65. The molecule has 30 heavy (non-hydrogen) atoms. The van der Waals surface area contributed by atoms with Gasteiger partial charge in [-0.2, -0.15) is 0 Å². The monoisotopic (exact) mass is 439 g/mol. The maximum Gasteiger partial charge on any atom is 0.222 e. The Hall–Kier alpha value is -2.18. The molecule has 3 aromatic rings. The number of thiophene rings is 1. The van der Waals surface area contributed by atoms with Gasteiger partial charge in [0.25, 0.3) is 0 Å². The van der Waals surface area contributed by atoms with Crippen LogP contribution in [0.15, 0.2) is 46.1 Å². The van der Waals surface area contributed by atoms with E-state index in [4.69, 9.17) is 4.99 Å². The molecule has 1 aliphatic heterocycles. The second kappa shape index (κ2) is 9.75. The van der Waals surface area contributed by atoms with Crippen molar-refractivity contribution < 1.29 is 4.79 Å². The summed E-state index contributed by atoms with van der Waals surface area (Å²) in [5.74, 6) is 0.304. The zero-order valence-corrected chi connectivity index (χ0v) is 19.4. The van der Waals surface area contributed by atoms with Gasteiger partial charge < -0.3 is 9.47 Å². The molecule has 0 N–H and O–H groups in total. The first-order valence-electron chi connectivity index (χ1n) is 10.9. The van der Waals surface area contributed by atoms with Crippen molar-refractivity contribution in [3.8, 4) is 10.6 Å². The fraction of sp³-hybridized carbons (Fsp3) is 0.417. The zero-order chi connectivity index (χ0) is 20.9. The maximum atomic E-state index is 12.0. The van der Waals surface area contributed by atoms with E-state index in [1.165, 1.54) is 21.7 Å². The lowest BCUT2D eigenvalue weighted by Crippen LogP contribution is -2.27. The number of thiazole rings is 1. The van der Waals surface area contributed by atoms with Crippen LogP contribution in [0.2, 0.25) is 0 Å². The van der Waals surface area contributed by atoms with Crippen LogP contribution in [-0.2, 0) is 24.2 Å². The molecule has 3 heterocycles. The summed E-state index contributed by atoms with van der Waals surface area (Å²) in [6.07, 6.45) is 4.61. The molecule has 4 nitrogen and oxygen atoms in total. The third-order valence-corrected chi connectivity index (χ3v) is 7.48. The molecule has 1 saturated heterocycles. The lowest BCUT2D eigenvalue weighted by molar-refractivity contribution is -0.127. The highest BCUT2D eigenvalue weighted by Crippen LogP contribution is 2.28. The maximum absolute atomic E-state index is 12.0. The van der Waals surface area contributed by atoms with Crippen molar-refractivity contribution in [2.75, 3.05) is 13.1 Å². The van der Waals surface area contributed by atoms with Crippen molar-refractivity contribution >= 4 is 34.3 Å². The van der Waals surface area contributed by atoms with E-state index in [0.717, 1.165) is 55.8 Å². The lowest BCUT2D eigenvalue weighted by Gasteiger charge is -2.16. The highest BCUT2D eigenvalue weighted by molar-refractivity contribution is 7.14. The summed E-state index contributed by atoms with van der Waals surface area (Å²) in [7, 11) is 0. The normalized spacial score (nSPS) is 14.8. The molecule has 1 fully saturated rings. The van der Waals surface area contributed by atoms with Crippen LogP contribution in [0.5, 0.6) is 0 Å². The Morgan fingerprint density at radius 2 is 1.83 bits per heavy atom. The number of likely N-dealkylation sites (tertiary alicyclic amines) is 1. The first-order chi connectivity index (χ1) is 14.7. The largest absolute Gasteiger partial charge is 0.343 e. The molecule has 0 atom stereocenters. The second-order valence-corrected chi connectivity index (χ2v) is 9.40. The third kappa shape index (κ3) is 4.44. The number of rotatable bonds is 8. The van der Waals surface area contributed by atoms with E-state index < -0.39 is 0 Å². The molecule has 0 bridgehead atoms. The van der Waals surface area contributed by atoms with E-state index in [9.17, 15) is 4.79 Å². The summed E-state index contributed by atoms with van der Waals surface area (Å²) in [6, 6.07) is 10.8. The first kappa shape index (κ1) is 21.1. The number of nitrogens with zero attached hydrogens (tertiary/aromatic N) is 3. The molecule has 1 amide bonds. The topological polar surface area (TPSA) is 37.6 Å². The fourth-order valence-electron chi connectivity index (χ4n) is 4.07. The highest BCUT2D eigenvalue weighted by atomic mass is 32.1. The Labute approximate surface area is 186 Å². The van der Waals surface area contributed by atoms with Gasteiger partial charge in [-0.05, 0) is 48.3 Å². The summed E-state index contributed by atoms with van der Waals surface area (Å²) in [5.41, 5.74) is 4.96. The van der Waals surface area contributed by atoms with Gasteiger partial charge in [0.1, 0.15) is 0 Å². The van der Waals surface area contributed by atoms with Gasteiger partial charge in [0.05, 0.1) is 16.3 Å². The molecular formula is C24H29N3OS2. The van der Waals surface area contributed by atoms with E-state index in [-0.39, 0.29) is 0 Å². The standard InChI is InChI=1S/C24H29N3OS2/c1-3-18-9-5-10-19(4-2)23(18)25-24-27(15-8-14-26-13-6-12-22(26)28)20(17-30-24)21-11-7-16-29-21/h5,7,9-11,16-17H,3-4,6,8,12-15H2,1-2H3. The average molecular weight is 440 g/mol. The van der Waals surface area contributed by atoms with Crippen LogP contribution in [0, 0.1) is 0 Å². The number of hydrogen-bond donors (Lipinski definition) is 0. The predicted molar refractivity (Wildman–Crippen MR) is 126 cm³/mol. The number of aryl methyl sites for hydroxylation is 2. The molecule has 1 aromatic carbocycles. The van der Waals surface area contributed by atoms with E-state index in [2.05, 4.69) is 59.5 Å². The van der Waals surface area contributed by atoms with Crippen molar-refractivity contribution in [1.29, 1.82) is 0 Å². The number of carbonyl (C=O) groups excluding carboxylic acids is 1. The molecule has 6 heteroatoms. The van der Waals surface area contributed by atoms with E-state index in [1.54, 1.807) is 22.7 Å². The number of aromatic nitrogens is 1. The Morgan fingerprint density at radius 3 is 2.47 bits per heavy atom. The van der Waals surface area contributed by atoms with Gasteiger partial charge in [0.15, 0.2) is 4.80 Å². The van der Waals surface area contributed by atoms with Gasteiger partial charge in [0, 0.05) is 31.4 Å². The van der Waals surface area contributed by atoms with Crippen molar-refractivity contribution in [3.63, 3.8) is 0 Å². The summed E-state index contributed by atoms with van der Waals surface area (Å²) in [4.78, 5) is 21.5. The minimum Gasteiger partial charge on any atom is -0.343 e. The van der Waals surface area contributed by atoms with E-state index in [1.807, 2.05) is 4.90 Å². The summed E-state index contributed by atoms with van der Waals surface area (Å²) in [5, 5.41) is 4.35. The van der Waals surface area contributed by atoms with Crippen LogP contribution in [0.1, 0.15) is 44.2 Å². The third-order valence-electron chi connectivity index (χ3n) is 5.72. The van der Waals surface area contributed by atoms with Crippen LogP contribution in [0.25, 0.3) is 10.6 Å². The van der Waals surface area contributed by atoms with Crippen molar-refractivity contribution in [2.45, 2.75) is 52.5 Å². The van der Waals surface area contributed by atoms with Crippen molar-refractivity contribution in [2.24, 2.45) is 4.99 Å². The van der Waals surface area contributed by atoms with Gasteiger partial charge in [-0.25, -0.2) is 4.99 Å². The molecule has 0 aliphatic carbocycles. The lowest BCUT2D eigenvalue weighted by atomic mass is 10.0. The number of hydrogen-bond acceptors (Lipinski definition) is 4. The second-order valence-electron chi connectivity index (χ2n) is 7.61. The smallest absolute Gasteiger partial charge is 0.222 e. The molecule has 4 rings (SSSR count). The summed E-state index contributed by atoms with van der Waals surface area (Å²) < 4.78 is 2.35. The number of carbonyl (C=O) groups is 1. The van der Waals surface area contributed by atoms with Gasteiger partial charge in [0.2, 0.25) is 5.91 Å². The molecular weight excluding hydrogens is 410 g/mol. The highest BCUT2D eigenvalue weighted by Gasteiger charge is 2.19. The SMILES string of the molecule is CCc1cccc(CC)c1N=c1scc(-c2cccs2)n1CCCN1CCCC1=O. The van der Waals surface area contributed by atoms with Gasteiger partial charge in [-0.15, -0.1) is 22.7 Å². The van der Waals surface area contributed by atoms with Crippen LogP contribution >= 0.6 is 22.7 Å². The van der Waals surface area contributed by atoms with Crippen LogP contribution in [-0.4, -0.2) is 28.5 Å². The Morgan fingerprint density at radius 1 is 1.03 bits per heavy atom. The van der Waals surface area contributed by atoms with E-state index in [0.29, 0.717) is 12.3 Å². The summed E-state index contributed by atoms with van der Waals surface area (Å²) in [6.45, 7) is 7.00. The van der Waals surface area contributed by atoms with Gasteiger partial charge in [-0.3, -0.25) is 4.79 Å². The Kier molecular flexibility index (Phi) is 6.85. The van der Waals surface area contributed by atoms with E-state index >= 15 is 0 Å². The van der Waals surface area contributed by atoms with Gasteiger partial charge >= 0.3 is 0 Å². The van der Waals surface area contributed by atoms with Crippen LogP contribution < -0.4 is 4.80 Å². The average Bonchev–Trinajstić information content (AvgIpc) is 3.51. The van der Waals surface area contributed by atoms with Crippen LogP contribution in [0.4, 0.5) is 5.69 Å². The minimum absolute atomic E-state index is 0.304. The number of benzene rings is 1. The zero-order valence-electron chi connectivity index (χ0n) is 17.8. The molecule has 0 saturated carbocycles. The summed E-state index contributed by atoms with van der Waals surface area (Å²) >= 11 is 3.48. The minimum atomic E-state index is 0.304. The van der Waals surface area contributed by atoms with Gasteiger partial charge in [-0.1, -0.05) is 38.1 Å². The molecule has 158 valence electrons. The first-order valence-corrected chi connectivity index (χ1v) is 12.6. The van der Waals surface area contributed by atoms with Crippen molar-refractivity contribution in [1.82, 2.24) is 9.47 Å². The molecule has 1 aliphatic rings.